The van der Waals surface area contributed by atoms with E-state index in [2.05, 4.69) is 5.32 Å². The first-order valence-corrected chi connectivity index (χ1v) is 7.96. The standard InChI is InChI=1S/C18H25FN2O2/c1-18(2,3)23-17(22)20-11-16-10-9-15(19)13-21(16)12-14-7-5-4-6-8-14/h4-8,13,16H,9-12H2,1-3H3,(H,20,22). The number of halogens is 1. The maximum Gasteiger partial charge on any atom is 0.407 e. The molecule has 0 bridgehead atoms. The number of allylic oxidation sites excluding steroid dienone is 1. The van der Waals surface area contributed by atoms with E-state index in [0.717, 1.165) is 5.56 Å². The lowest BCUT2D eigenvalue weighted by molar-refractivity contribution is 0.0509. The van der Waals surface area contributed by atoms with Crippen LogP contribution in [0.3, 0.4) is 0 Å². The van der Waals surface area contributed by atoms with Gasteiger partial charge in [0.25, 0.3) is 0 Å². The van der Waals surface area contributed by atoms with Crippen molar-refractivity contribution in [2.45, 2.75) is 51.8 Å². The Morgan fingerprint density at radius 3 is 2.70 bits per heavy atom. The highest BCUT2D eigenvalue weighted by molar-refractivity contribution is 5.67. The highest BCUT2D eigenvalue weighted by atomic mass is 19.1. The van der Waals surface area contributed by atoms with Crippen LogP contribution in [0.15, 0.2) is 42.4 Å². The summed E-state index contributed by atoms with van der Waals surface area (Å²) in [5.74, 6) is -0.116. The van der Waals surface area contributed by atoms with Gasteiger partial charge in [-0.25, -0.2) is 9.18 Å². The molecule has 1 aromatic carbocycles. The van der Waals surface area contributed by atoms with E-state index < -0.39 is 11.7 Å². The lowest BCUT2D eigenvalue weighted by Crippen LogP contribution is -2.44. The number of nitrogens with zero attached hydrogens (tertiary/aromatic N) is 1. The molecule has 23 heavy (non-hydrogen) atoms. The molecule has 0 fully saturated rings. The Kier molecular flexibility index (Phi) is 5.64. The summed E-state index contributed by atoms with van der Waals surface area (Å²) in [4.78, 5) is 13.7. The zero-order valence-electron chi connectivity index (χ0n) is 14.0. The maximum absolute atomic E-state index is 13.6. The van der Waals surface area contributed by atoms with Crippen LogP contribution in [0.4, 0.5) is 9.18 Å². The average Bonchev–Trinajstić information content (AvgIpc) is 2.46. The number of hydrogen-bond donors (Lipinski definition) is 1. The molecule has 5 heteroatoms. The highest BCUT2D eigenvalue weighted by Crippen LogP contribution is 2.23. The molecular weight excluding hydrogens is 295 g/mol. The summed E-state index contributed by atoms with van der Waals surface area (Å²) in [5.41, 5.74) is 0.590. The predicted molar refractivity (Wildman–Crippen MR) is 88.4 cm³/mol. The number of carbonyl (C=O) groups is 1. The molecule has 0 radical (unpaired) electrons. The fourth-order valence-electron chi connectivity index (χ4n) is 2.52. The quantitative estimate of drug-likeness (QED) is 0.912. The monoisotopic (exact) mass is 320 g/mol. The van der Waals surface area contributed by atoms with Gasteiger partial charge in [0.15, 0.2) is 0 Å². The molecule has 0 aliphatic carbocycles. The van der Waals surface area contributed by atoms with Crippen molar-refractivity contribution in [3.05, 3.63) is 47.9 Å². The van der Waals surface area contributed by atoms with Gasteiger partial charge in [0, 0.05) is 31.8 Å². The van der Waals surface area contributed by atoms with Gasteiger partial charge in [-0.2, -0.15) is 0 Å². The molecule has 0 aromatic heterocycles. The van der Waals surface area contributed by atoms with Crippen LogP contribution in [-0.4, -0.2) is 29.2 Å². The molecule has 1 amide bonds. The minimum absolute atomic E-state index is 0.0576. The molecule has 1 aromatic rings. The highest BCUT2D eigenvalue weighted by Gasteiger charge is 2.24. The molecule has 1 unspecified atom stereocenters. The van der Waals surface area contributed by atoms with Crippen LogP contribution in [0.5, 0.6) is 0 Å². The van der Waals surface area contributed by atoms with E-state index >= 15 is 0 Å². The minimum atomic E-state index is -0.521. The summed E-state index contributed by atoms with van der Waals surface area (Å²) in [6.45, 7) is 6.54. The molecule has 1 aliphatic rings. The first kappa shape index (κ1) is 17.3. The van der Waals surface area contributed by atoms with E-state index in [4.69, 9.17) is 4.74 Å². The number of amides is 1. The molecule has 1 heterocycles. The fraction of sp³-hybridized carbons (Fsp3) is 0.500. The Labute approximate surface area is 137 Å². The molecule has 126 valence electrons. The van der Waals surface area contributed by atoms with Crippen LogP contribution in [0, 0.1) is 0 Å². The van der Waals surface area contributed by atoms with Crippen LogP contribution in [0.2, 0.25) is 0 Å². The Morgan fingerprint density at radius 1 is 1.35 bits per heavy atom. The summed E-state index contributed by atoms with van der Waals surface area (Å²) < 4.78 is 18.9. The number of nitrogens with one attached hydrogen (secondary N) is 1. The number of ether oxygens (including phenoxy) is 1. The molecule has 1 aliphatic heterocycles. The first-order chi connectivity index (χ1) is 10.8. The zero-order valence-corrected chi connectivity index (χ0v) is 14.0. The molecule has 2 rings (SSSR count). The Balaban J connectivity index is 1.95. The lowest BCUT2D eigenvalue weighted by Gasteiger charge is -2.34. The predicted octanol–water partition coefficient (Wildman–Crippen LogP) is 3.99. The second-order valence-corrected chi connectivity index (χ2v) is 6.81. The molecule has 0 spiro atoms. The van der Waals surface area contributed by atoms with Crippen LogP contribution >= 0.6 is 0 Å². The molecular formula is C18H25FN2O2. The van der Waals surface area contributed by atoms with Crippen LogP contribution in [-0.2, 0) is 11.3 Å². The molecule has 0 saturated carbocycles. The summed E-state index contributed by atoms with van der Waals surface area (Å²) in [7, 11) is 0. The van der Waals surface area contributed by atoms with Gasteiger partial charge in [0.1, 0.15) is 11.4 Å². The Hall–Kier alpha value is -2.04. The Bertz CT molecular complexity index is 552. The maximum atomic E-state index is 13.6. The third-order valence-corrected chi connectivity index (χ3v) is 3.58. The number of benzene rings is 1. The SMILES string of the molecule is CC(C)(C)OC(=O)NCC1CCC(F)=CN1Cc1ccccc1. The number of hydrogen-bond acceptors (Lipinski definition) is 3. The second kappa shape index (κ2) is 7.49. The van der Waals surface area contributed by atoms with Gasteiger partial charge in [0.05, 0.1) is 0 Å². The number of rotatable bonds is 4. The Morgan fingerprint density at radius 2 is 2.04 bits per heavy atom. The van der Waals surface area contributed by atoms with E-state index in [1.165, 1.54) is 0 Å². The van der Waals surface area contributed by atoms with Gasteiger partial charge in [-0.15, -0.1) is 0 Å². The van der Waals surface area contributed by atoms with Crippen molar-refractivity contribution in [2.24, 2.45) is 0 Å². The summed E-state index contributed by atoms with van der Waals surface area (Å²) >= 11 is 0. The topological polar surface area (TPSA) is 41.6 Å². The van der Waals surface area contributed by atoms with Gasteiger partial charge in [-0.3, -0.25) is 0 Å². The van der Waals surface area contributed by atoms with Crippen LogP contribution in [0.1, 0.15) is 39.2 Å². The second-order valence-electron chi connectivity index (χ2n) is 6.81. The average molecular weight is 320 g/mol. The normalized spacial score (nSPS) is 18.3. The number of alkyl carbamates (subject to hydrolysis) is 1. The van der Waals surface area contributed by atoms with E-state index in [1.807, 2.05) is 56.0 Å². The molecule has 0 saturated heterocycles. The minimum Gasteiger partial charge on any atom is -0.444 e. The molecule has 1 atom stereocenters. The largest absolute Gasteiger partial charge is 0.444 e. The van der Waals surface area contributed by atoms with Gasteiger partial charge in [-0.1, -0.05) is 30.3 Å². The van der Waals surface area contributed by atoms with Crippen molar-refractivity contribution < 1.29 is 13.9 Å². The molecule has 4 nitrogen and oxygen atoms in total. The van der Waals surface area contributed by atoms with Gasteiger partial charge >= 0.3 is 6.09 Å². The van der Waals surface area contributed by atoms with Crippen molar-refractivity contribution in [1.29, 1.82) is 0 Å². The third-order valence-electron chi connectivity index (χ3n) is 3.58. The fourth-order valence-corrected chi connectivity index (χ4v) is 2.52. The van der Waals surface area contributed by atoms with Crippen molar-refractivity contribution in [3.63, 3.8) is 0 Å². The summed E-state index contributed by atoms with van der Waals surface area (Å²) in [5, 5.41) is 2.78. The smallest absolute Gasteiger partial charge is 0.407 e. The van der Waals surface area contributed by atoms with Crippen LogP contribution < -0.4 is 5.32 Å². The zero-order chi connectivity index (χ0) is 16.9. The van der Waals surface area contributed by atoms with Gasteiger partial charge in [0.2, 0.25) is 0 Å². The first-order valence-electron chi connectivity index (χ1n) is 7.96. The van der Waals surface area contributed by atoms with Crippen molar-refractivity contribution >= 4 is 6.09 Å². The van der Waals surface area contributed by atoms with Crippen molar-refractivity contribution in [1.82, 2.24) is 10.2 Å². The summed E-state index contributed by atoms with van der Waals surface area (Å²) in [6.07, 6.45) is 2.20. The molecule has 1 N–H and O–H groups in total. The van der Waals surface area contributed by atoms with Gasteiger partial charge < -0.3 is 15.0 Å². The van der Waals surface area contributed by atoms with Gasteiger partial charge in [-0.05, 0) is 32.8 Å². The van der Waals surface area contributed by atoms with E-state index in [1.54, 1.807) is 6.20 Å². The third kappa shape index (κ3) is 5.93. The van der Waals surface area contributed by atoms with E-state index in [-0.39, 0.29) is 11.9 Å². The lowest BCUT2D eigenvalue weighted by atomic mass is 10.0. The van der Waals surface area contributed by atoms with Crippen molar-refractivity contribution in [3.8, 4) is 0 Å². The van der Waals surface area contributed by atoms with Crippen LogP contribution in [0.25, 0.3) is 0 Å². The van der Waals surface area contributed by atoms with E-state index in [0.29, 0.717) is 25.9 Å². The van der Waals surface area contributed by atoms with Crippen molar-refractivity contribution in [2.75, 3.05) is 6.54 Å². The number of carbonyl (C=O) groups excluding carboxylic acids is 1. The summed E-state index contributed by atoms with van der Waals surface area (Å²) in [6, 6.07) is 9.97. The van der Waals surface area contributed by atoms with E-state index in [9.17, 15) is 9.18 Å².